The first-order chi connectivity index (χ1) is 7.65. The predicted octanol–water partition coefficient (Wildman–Crippen LogP) is 4.29. The summed E-state index contributed by atoms with van der Waals surface area (Å²) in [5, 5.41) is 10.6. The third kappa shape index (κ3) is 2.69. The number of halogens is 2. The summed E-state index contributed by atoms with van der Waals surface area (Å²) in [6.45, 7) is 0. The molecule has 0 spiro atoms. The minimum absolute atomic E-state index is 0.265. The minimum atomic E-state index is 0.265. The highest BCUT2D eigenvalue weighted by atomic mass is 35.5. The van der Waals surface area contributed by atoms with Gasteiger partial charge in [-0.3, -0.25) is 0 Å². The maximum Gasteiger partial charge on any atom is 0.115 e. The summed E-state index contributed by atoms with van der Waals surface area (Å²) in [5.41, 5.74) is 2.07. The van der Waals surface area contributed by atoms with E-state index in [-0.39, 0.29) is 5.75 Å². The number of hydrogen-bond acceptors (Lipinski definition) is 1. The van der Waals surface area contributed by atoms with E-state index in [9.17, 15) is 5.11 Å². The first kappa shape index (κ1) is 11.3. The van der Waals surface area contributed by atoms with Crippen LogP contribution >= 0.6 is 23.2 Å². The van der Waals surface area contributed by atoms with Gasteiger partial charge in [0.1, 0.15) is 5.75 Å². The highest BCUT2D eigenvalue weighted by Gasteiger charge is 2.02. The molecule has 0 aliphatic carbocycles. The molecule has 82 valence electrons. The molecule has 1 N–H and O–H groups in total. The quantitative estimate of drug-likeness (QED) is 0.846. The van der Waals surface area contributed by atoms with E-state index in [2.05, 4.69) is 0 Å². The Morgan fingerprint density at radius 1 is 0.938 bits per heavy atom. The van der Waals surface area contributed by atoms with Crippen molar-refractivity contribution in [3.05, 3.63) is 63.6 Å². The fourth-order valence-electron chi connectivity index (χ4n) is 1.51. The first-order valence-electron chi connectivity index (χ1n) is 4.87. The van der Waals surface area contributed by atoms with Crippen LogP contribution < -0.4 is 0 Å². The molecule has 0 bridgehead atoms. The molecule has 0 amide bonds. The third-order valence-corrected chi connectivity index (χ3v) is 2.94. The van der Waals surface area contributed by atoms with Crippen LogP contribution in [-0.2, 0) is 6.42 Å². The molecule has 0 aromatic heterocycles. The van der Waals surface area contributed by atoms with Crippen LogP contribution in [0.4, 0.5) is 0 Å². The van der Waals surface area contributed by atoms with E-state index < -0.39 is 0 Å². The second kappa shape index (κ2) is 4.77. The molecule has 2 aromatic carbocycles. The molecular formula is C13H10Cl2O. The Morgan fingerprint density at radius 2 is 1.62 bits per heavy atom. The molecule has 0 radical (unpaired) electrons. The van der Waals surface area contributed by atoms with Crippen molar-refractivity contribution in [3.63, 3.8) is 0 Å². The molecule has 16 heavy (non-hydrogen) atoms. The van der Waals surface area contributed by atoms with Gasteiger partial charge in [-0.25, -0.2) is 0 Å². The molecule has 2 aromatic rings. The largest absolute Gasteiger partial charge is 0.508 e. The Kier molecular flexibility index (Phi) is 3.37. The van der Waals surface area contributed by atoms with Crippen molar-refractivity contribution in [2.24, 2.45) is 0 Å². The average Bonchev–Trinajstić information content (AvgIpc) is 2.27. The lowest BCUT2D eigenvalue weighted by Crippen LogP contribution is -1.89. The van der Waals surface area contributed by atoms with Crippen LogP contribution in [0.1, 0.15) is 11.1 Å². The van der Waals surface area contributed by atoms with Crippen LogP contribution in [0, 0.1) is 0 Å². The molecule has 0 aliphatic rings. The maximum atomic E-state index is 9.17. The Labute approximate surface area is 104 Å². The molecule has 0 aliphatic heterocycles. The average molecular weight is 253 g/mol. The van der Waals surface area contributed by atoms with Crippen LogP contribution in [0.2, 0.25) is 10.0 Å². The molecule has 0 atom stereocenters. The Morgan fingerprint density at radius 3 is 2.31 bits per heavy atom. The molecule has 0 heterocycles. The normalized spacial score (nSPS) is 10.4. The van der Waals surface area contributed by atoms with Gasteiger partial charge in [0.25, 0.3) is 0 Å². The van der Waals surface area contributed by atoms with Gasteiger partial charge >= 0.3 is 0 Å². The van der Waals surface area contributed by atoms with Crippen molar-refractivity contribution in [1.82, 2.24) is 0 Å². The highest BCUT2D eigenvalue weighted by Crippen LogP contribution is 2.23. The zero-order valence-electron chi connectivity index (χ0n) is 8.45. The Hall–Kier alpha value is -1.18. The van der Waals surface area contributed by atoms with Crippen molar-refractivity contribution in [3.8, 4) is 5.75 Å². The van der Waals surface area contributed by atoms with E-state index in [1.54, 1.807) is 24.3 Å². The zero-order valence-corrected chi connectivity index (χ0v) is 9.96. The predicted molar refractivity (Wildman–Crippen MR) is 67.4 cm³/mol. The summed E-state index contributed by atoms with van der Waals surface area (Å²) < 4.78 is 0. The minimum Gasteiger partial charge on any atom is -0.508 e. The summed E-state index contributed by atoms with van der Waals surface area (Å²) >= 11 is 12.0. The fourth-order valence-corrected chi connectivity index (χ4v) is 1.89. The van der Waals surface area contributed by atoms with Crippen molar-refractivity contribution in [1.29, 1.82) is 0 Å². The van der Waals surface area contributed by atoms with E-state index in [4.69, 9.17) is 23.2 Å². The second-order valence-electron chi connectivity index (χ2n) is 3.58. The summed E-state index contributed by atoms with van der Waals surface area (Å²) in [5.74, 6) is 0.265. The number of benzene rings is 2. The standard InChI is InChI=1S/C13H10Cl2O/c14-11-3-6-13(15)10(8-11)7-9-1-4-12(16)5-2-9/h1-6,8,16H,7H2. The lowest BCUT2D eigenvalue weighted by molar-refractivity contribution is 0.475. The van der Waals surface area contributed by atoms with Gasteiger partial charge in [0, 0.05) is 10.0 Å². The number of rotatable bonds is 2. The fraction of sp³-hybridized carbons (Fsp3) is 0.0769. The molecular weight excluding hydrogens is 243 g/mol. The van der Waals surface area contributed by atoms with Gasteiger partial charge in [0.05, 0.1) is 0 Å². The molecule has 0 fully saturated rings. The lowest BCUT2D eigenvalue weighted by Gasteiger charge is -2.05. The van der Waals surface area contributed by atoms with Gasteiger partial charge in [-0.1, -0.05) is 35.3 Å². The van der Waals surface area contributed by atoms with Crippen molar-refractivity contribution in [2.75, 3.05) is 0 Å². The molecule has 2 rings (SSSR count). The molecule has 0 saturated carbocycles. The number of phenols is 1. The molecule has 0 unspecified atom stereocenters. The smallest absolute Gasteiger partial charge is 0.115 e. The van der Waals surface area contributed by atoms with Crippen molar-refractivity contribution >= 4 is 23.2 Å². The van der Waals surface area contributed by atoms with E-state index >= 15 is 0 Å². The Balaban J connectivity index is 2.26. The maximum absolute atomic E-state index is 9.17. The topological polar surface area (TPSA) is 20.2 Å². The van der Waals surface area contributed by atoms with Crippen LogP contribution in [0.5, 0.6) is 5.75 Å². The number of hydrogen-bond donors (Lipinski definition) is 1. The first-order valence-corrected chi connectivity index (χ1v) is 5.62. The monoisotopic (exact) mass is 252 g/mol. The van der Waals surface area contributed by atoms with Crippen LogP contribution in [0.3, 0.4) is 0 Å². The van der Waals surface area contributed by atoms with Gasteiger partial charge in [0.2, 0.25) is 0 Å². The lowest BCUT2D eigenvalue weighted by atomic mass is 10.1. The summed E-state index contributed by atoms with van der Waals surface area (Å²) in [7, 11) is 0. The molecule has 3 heteroatoms. The van der Waals surface area contributed by atoms with Gasteiger partial charge in [0.15, 0.2) is 0 Å². The van der Waals surface area contributed by atoms with Crippen LogP contribution in [0.25, 0.3) is 0 Å². The summed E-state index contributed by atoms with van der Waals surface area (Å²) in [6, 6.07) is 12.5. The van der Waals surface area contributed by atoms with Gasteiger partial charge in [-0.15, -0.1) is 0 Å². The summed E-state index contributed by atoms with van der Waals surface area (Å²) in [4.78, 5) is 0. The van der Waals surface area contributed by atoms with Gasteiger partial charge in [-0.2, -0.15) is 0 Å². The number of phenolic OH excluding ortho intramolecular Hbond substituents is 1. The van der Waals surface area contributed by atoms with Gasteiger partial charge < -0.3 is 5.11 Å². The van der Waals surface area contributed by atoms with E-state index in [0.29, 0.717) is 16.5 Å². The highest BCUT2D eigenvalue weighted by molar-refractivity contribution is 6.33. The van der Waals surface area contributed by atoms with E-state index in [1.807, 2.05) is 18.2 Å². The summed E-state index contributed by atoms with van der Waals surface area (Å²) in [6.07, 6.45) is 0.708. The molecule has 1 nitrogen and oxygen atoms in total. The second-order valence-corrected chi connectivity index (χ2v) is 4.42. The van der Waals surface area contributed by atoms with Crippen LogP contribution in [-0.4, -0.2) is 5.11 Å². The van der Waals surface area contributed by atoms with Crippen molar-refractivity contribution in [2.45, 2.75) is 6.42 Å². The van der Waals surface area contributed by atoms with E-state index in [1.165, 1.54) is 0 Å². The van der Waals surface area contributed by atoms with Crippen LogP contribution in [0.15, 0.2) is 42.5 Å². The number of aromatic hydroxyl groups is 1. The molecule has 0 saturated heterocycles. The van der Waals surface area contributed by atoms with Gasteiger partial charge in [-0.05, 0) is 47.9 Å². The van der Waals surface area contributed by atoms with Crippen molar-refractivity contribution < 1.29 is 5.11 Å². The SMILES string of the molecule is Oc1ccc(Cc2cc(Cl)ccc2Cl)cc1. The Bertz CT molecular complexity index is 492. The van der Waals surface area contributed by atoms with E-state index in [0.717, 1.165) is 11.1 Å². The zero-order chi connectivity index (χ0) is 11.5. The third-order valence-electron chi connectivity index (χ3n) is 2.34.